The Labute approximate surface area is 122 Å². The van der Waals surface area contributed by atoms with Crippen LogP contribution in [0.5, 0.6) is 11.6 Å². The third kappa shape index (κ3) is 3.49. The van der Waals surface area contributed by atoms with Crippen LogP contribution in [0.25, 0.3) is 0 Å². The van der Waals surface area contributed by atoms with Gasteiger partial charge in [-0.3, -0.25) is 0 Å². The maximum atomic E-state index is 5.94. The molecule has 0 saturated carbocycles. The molecule has 0 atom stereocenters. The Balaban J connectivity index is 2.31. The number of ether oxygens (including phenoxy) is 1. The minimum atomic E-state index is 0.283. The molecule has 0 radical (unpaired) electrons. The van der Waals surface area contributed by atoms with Crippen LogP contribution in [0.15, 0.2) is 34.9 Å². The van der Waals surface area contributed by atoms with Gasteiger partial charge in [0.1, 0.15) is 10.8 Å². The molecule has 88 valence electrons. The summed E-state index contributed by atoms with van der Waals surface area (Å²) in [6, 6.07) is 6.74. The average molecular weight is 353 g/mol. The van der Waals surface area contributed by atoms with E-state index in [0.29, 0.717) is 20.8 Å². The first-order chi connectivity index (χ1) is 8.04. The molecule has 0 N–H and O–H groups in total. The lowest BCUT2D eigenvalue weighted by molar-refractivity contribution is 0.463. The summed E-state index contributed by atoms with van der Waals surface area (Å²) >= 11 is 20.9. The second-order valence-corrected chi connectivity index (χ2v) is 5.34. The van der Waals surface area contributed by atoms with Crippen LogP contribution >= 0.6 is 50.7 Å². The van der Waals surface area contributed by atoms with Crippen molar-refractivity contribution in [3.05, 3.63) is 50.0 Å². The molecule has 6 heteroatoms. The first-order valence-electron chi connectivity index (χ1n) is 4.49. The van der Waals surface area contributed by atoms with Gasteiger partial charge in [-0.1, -0.05) is 50.7 Å². The van der Waals surface area contributed by atoms with Crippen molar-refractivity contribution in [2.24, 2.45) is 0 Å². The number of benzene rings is 1. The van der Waals surface area contributed by atoms with E-state index in [1.54, 1.807) is 24.3 Å². The number of pyridine rings is 1. The van der Waals surface area contributed by atoms with Crippen molar-refractivity contribution in [1.29, 1.82) is 0 Å². The van der Waals surface area contributed by atoms with Crippen molar-refractivity contribution in [2.75, 3.05) is 0 Å². The van der Waals surface area contributed by atoms with Gasteiger partial charge in [0.15, 0.2) is 0 Å². The zero-order valence-corrected chi connectivity index (χ0v) is 12.1. The minimum absolute atomic E-state index is 0.283. The number of nitrogens with zero attached hydrogens (tertiary/aromatic N) is 1. The molecule has 2 aromatic rings. The lowest BCUT2D eigenvalue weighted by Gasteiger charge is -2.07. The number of rotatable bonds is 2. The predicted octanol–water partition coefficient (Wildman–Crippen LogP) is 5.60. The second kappa shape index (κ2) is 5.44. The van der Waals surface area contributed by atoms with E-state index in [9.17, 15) is 0 Å². The van der Waals surface area contributed by atoms with E-state index in [4.69, 9.17) is 39.5 Å². The van der Waals surface area contributed by atoms with Crippen LogP contribution in [-0.2, 0) is 0 Å². The molecule has 1 aromatic carbocycles. The molecule has 0 spiro atoms. The summed E-state index contributed by atoms with van der Waals surface area (Å²) in [5.74, 6) is 0.825. The van der Waals surface area contributed by atoms with Gasteiger partial charge < -0.3 is 4.74 Å². The summed E-state index contributed by atoms with van der Waals surface area (Å²) in [5, 5.41) is 1.35. The van der Waals surface area contributed by atoms with E-state index in [0.717, 1.165) is 4.47 Å². The fourth-order valence-electron chi connectivity index (χ4n) is 1.18. The number of aromatic nitrogens is 1. The van der Waals surface area contributed by atoms with Crippen LogP contribution in [0, 0.1) is 0 Å². The summed E-state index contributed by atoms with van der Waals surface area (Å²) in [4.78, 5) is 3.99. The molecule has 1 heterocycles. The van der Waals surface area contributed by atoms with E-state index >= 15 is 0 Å². The van der Waals surface area contributed by atoms with Gasteiger partial charge in [-0.15, -0.1) is 0 Å². The number of halogens is 4. The van der Waals surface area contributed by atoms with Gasteiger partial charge >= 0.3 is 0 Å². The van der Waals surface area contributed by atoms with Gasteiger partial charge in [0, 0.05) is 15.7 Å². The summed E-state index contributed by atoms with van der Waals surface area (Å²) in [7, 11) is 0. The standard InChI is InChI=1S/C11H5BrCl3NO/c12-6-1-7(13)3-9(2-6)17-11-10(15)4-8(14)5-16-11/h1-5H. The molecule has 0 aliphatic rings. The van der Waals surface area contributed by atoms with Crippen LogP contribution in [0.4, 0.5) is 0 Å². The Bertz CT molecular complexity index is 542. The smallest absolute Gasteiger partial charge is 0.238 e. The van der Waals surface area contributed by atoms with E-state index < -0.39 is 0 Å². The molecule has 0 fully saturated rings. The van der Waals surface area contributed by atoms with Crippen LogP contribution in [0.2, 0.25) is 15.1 Å². The van der Waals surface area contributed by atoms with Gasteiger partial charge in [-0.2, -0.15) is 0 Å². The van der Waals surface area contributed by atoms with Crippen molar-refractivity contribution in [3.8, 4) is 11.6 Å². The van der Waals surface area contributed by atoms with Crippen molar-refractivity contribution in [1.82, 2.24) is 4.98 Å². The van der Waals surface area contributed by atoms with Gasteiger partial charge in [-0.05, 0) is 24.3 Å². The molecule has 17 heavy (non-hydrogen) atoms. The Kier molecular flexibility index (Phi) is 4.15. The third-order valence-electron chi connectivity index (χ3n) is 1.82. The van der Waals surface area contributed by atoms with Crippen molar-refractivity contribution in [3.63, 3.8) is 0 Å². The maximum absolute atomic E-state index is 5.94. The van der Waals surface area contributed by atoms with Crippen LogP contribution in [0.3, 0.4) is 0 Å². The Hall–Kier alpha value is -0.480. The first-order valence-corrected chi connectivity index (χ1v) is 6.42. The molecule has 0 aliphatic heterocycles. The summed E-state index contributed by atoms with van der Waals surface area (Å²) in [6.45, 7) is 0. The molecule has 2 rings (SSSR count). The highest BCUT2D eigenvalue weighted by atomic mass is 79.9. The van der Waals surface area contributed by atoms with Gasteiger partial charge in [0.25, 0.3) is 0 Å². The monoisotopic (exact) mass is 351 g/mol. The summed E-state index contributed by atoms with van der Waals surface area (Å²) < 4.78 is 6.32. The lowest BCUT2D eigenvalue weighted by Crippen LogP contribution is -1.89. The van der Waals surface area contributed by atoms with Gasteiger partial charge in [0.05, 0.1) is 5.02 Å². The molecule has 0 bridgehead atoms. The van der Waals surface area contributed by atoms with Crippen LogP contribution < -0.4 is 4.74 Å². The van der Waals surface area contributed by atoms with Crippen molar-refractivity contribution in [2.45, 2.75) is 0 Å². The quantitative estimate of drug-likeness (QED) is 0.701. The van der Waals surface area contributed by atoms with Crippen molar-refractivity contribution < 1.29 is 4.74 Å². The highest BCUT2D eigenvalue weighted by molar-refractivity contribution is 9.10. The molecular formula is C11H5BrCl3NO. The summed E-state index contributed by atoms with van der Waals surface area (Å²) in [6.07, 6.45) is 1.46. The summed E-state index contributed by atoms with van der Waals surface area (Å²) in [5.41, 5.74) is 0. The van der Waals surface area contributed by atoms with Crippen LogP contribution in [-0.4, -0.2) is 4.98 Å². The lowest BCUT2D eigenvalue weighted by atomic mass is 10.3. The minimum Gasteiger partial charge on any atom is -0.437 e. The van der Waals surface area contributed by atoms with E-state index in [2.05, 4.69) is 20.9 Å². The molecule has 0 aliphatic carbocycles. The van der Waals surface area contributed by atoms with E-state index in [1.165, 1.54) is 6.20 Å². The van der Waals surface area contributed by atoms with Gasteiger partial charge in [-0.25, -0.2) is 4.98 Å². The fraction of sp³-hybridized carbons (Fsp3) is 0. The highest BCUT2D eigenvalue weighted by Crippen LogP contribution is 2.32. The molecular weight excluding hydrogens is 348 g/mol. The van der Waals surface area contributed by atoms with Crippen molar-refractivity contribution >= 4 is 50.7 Å². The third-order valence-corrected chi connectivity index (χ3v) is 2.98. The molecule has 0 unspecified atom stereocenters. The first kappa shape index (κ1) is 13.0. The molecule has 1 aromatic heterocycles. The van der Waals surface area contributed by atoms with E-state index in [-0.39, 0.29) is 5.88 Å². The SMILES string of the molecule is Clc1cc(Br)cc(Oc2ncc(Cl)cc2Cl)c1. The fourth-order valence-corrected chi connectivity index (χ4v) is 2.42. The topological polar surface area (TPSA) is 22.1 Å². The molecule has 2 nitrogen and oxygen atoms in total. The Morgan fingerprint density at radius 3 is 2.41 bits per heavy atom. The zero-order valence-electron chi connectivity index (χ0n) is 8.25. The molecule has 0 amide bonds. The zero-order chi connectivity index (χ0) is 12.4. The predicted molar refractivity (Wildman–Crippen MR) is 73.5 cm³/mol. The van der Waals surface area contributed by atoms with Crippen LogP contribution in [0.1, 0.15) is 0 Å². The Morgan fingerprint density at radius 1 is 1.00 bits per heavy atom. The molecule has 0 saturated heterocycles. The highest BCUT2D eigenvalue weighted by Gasteiger charge is 2.07. The second-order valence-electron chi connectivity index (χ2n) is 3.15. The normalized spacial score (nSPS) is 10.4. The number of hydrogen-bond acceptors (Lipinski definition) is 2. The largest absolute Gasteiger partial charge is 0.437 e. The number of hydrogen-bond donors (Lipinski definition) is 0. The average Bonchev–Trinajstić information content (AvgIpc) is 2.21. The Morgan fingerprint density at radius 2 is 1.76 bits per heavy atom. The van der Waals surface area contributed by atoms with E-state index in [1.807, 2.05) is 0 Å². The van der Waals surface area contributed by atoms with Gasteiger partial charge in [0.2, 0.25) is 5.88 Å². The maximum Gasteiger partial charge on any atom is 0.238 e.